The van der Waals surface area contributed by atoms with Gasteiger partial charge >= 0.3 is 0 Å². The van der Waals surface area contributed by atoms with E-state index in [0.29, 0.717) is 6.73 Å². The Morgan fingerprint density at radius 3 is 3.08 bits per heavy atom. The van der Waals surface area contributed by atoms with Crippen molar-refractivity contribution in [1.82, 2.24) is 10.2 Å². The lowest BCUT2D eigenvalue weighted by molar-refractivity contribution is 0.153. The van der Waals surface area contributed by atoms with Crippen LogP contribution in [0.5, 0.6) is 0 Å². The summed E-state index contributed by atoms with van der Waals surface area (Å²) in [7, 11) is 3.92. The number of methoxy groups -OCH3 is 1. The Kier molecular flexibility index (Phi) is 4.58. The summed E-state index contributed by atoms with van der Waals surface area (Å²) in [5.41, 5.74) is 0. The first-order chi connectivity index (χ1) is 5.83. The average Bonchev–Trinajstić information content (AvgIpc) is 2.05. The van der Waals surface area contributed by atoms with Crippen molar-refractivity contribution in [1.29, 1.82) is 0 Å². The van der Waals surface area contributed by atoms with E-state index in [1.54, 1.807) is 7.11 Å². The van der Waals surface area contributed by atoms with Crippen molar-refractivity contribution in [3.63, 3.8) is 0 Å². The van der Waals surface area contributed by atoms with Gasteiger partial charge in [-0.05, 0) is 32.4 Å². The third kappa shape index (κ3) is 3.52. The summed E-state index contributed by atoms with van der Waals surface area (Å²) < 4.78 is 4.94. The van der Waals surface area contributed by atoms with E-state index < -0.39 is 0 Å². The third-order valence-electron chi connectivity index (χ3n) is 2.40. The molecular formula is C9H20N2O. The van der Waals surface area contributed by atoms with Crippen molar-refractivity contribution < 1.29 is 4.74 Å². The maximum Gasteiger partial charge on any atom is 0.0961 e. The summed E-state index contributed by atoms with van der Waals surface area (Å²) >= 11 is 0. The molecule has 72 valence electrons. The molecule has 0 radical (unpaired) electrons. The van der Waals surface area contributed by atoms with E-state index in [4.69, 9.17) is 4.74 Å². The van der Waals surface area contributed by atoms with E-state index in [-0.39, 0.29) is 0 Å². The van der Waals surface area contributed by atoms with E-state index >= 15 is 0 Å². The van der Waals surface area contributed by atoms with Crippen molar-refractivity contribution in [3.8, 4) is 0 Å². The van der Waals surface area contributed by atoms with Crippen LogP contribution >= 0.6 is 0 Å². The normalized spacial score (nSPS) is 26.0. The first-order valence-corrected chi connectivity index (χ1v) is 4.71. The highest BCUT2D eigenvalue weighted by atomic mass is 16.5. The molecule has 3 nitrogen and oxygen atoms in total. The zero-order valence-electron chi connectivity index (χ0n) is 8.18. The Bertz CT molecular complexity index is 119. The molecule has 1 aliphatic heterocycles. The summed E-state index contributed by atoms with van der Waals surface area (Å²) in [4.78, 5) is 2.41. The van der Waals surface area contributed by atoms with Crippen LogP contribution in [0.4, 0.5) is 0 Å². The highest BCUT2D eigenvalue weighted by molar-refractivity contribution is 4.71. The molecule has 12 heavy (non-hydrogen) atoms. The highest BCUT2D eigenvalue weighted by Gasteiger charge is 2.15. The predicted molar refractivity (Wildman–Crippen MR) is 50.1 cm³/mol. The number of ether oxygens (including phenoxy) is 1. The zero-order chi connectivity index (χ0) is 8.81. The minimum Gasteiger partial charge on any atom is -0.370 e. The molecule has 0 saturated carbocycles. The van der Waals surface area contributed by atoms with Crippen LogP contribution in [-0.4, -0.2) is 45.4 Å². The molecule has 1 atom stereocenters. The van der Waals surface area contributed by atoms with Crippen molar-refractivity contribution in [2.45, 2.75) is 12.8 Å². The molecule has 0 amide bonds. The number of likely N-dealkylation sites (tertiary alicyclic amines) is 1. The van der Waals surface area contributed by atoms with E-state index in [2.05, 4.69) is 17.3 Å². The minimum atomic E-state index is 0.681. The van der Waals surface area contributed by atoms with Gasteiger partial charge in [0, 0.05) is 20.2 Å². The fraction of sp³-hybridized carbons (Fsp3) is 1.00. The predicted octanol–water partition coefficient (Wildman–Crippen LogP) is 0.522. The van der Waals surface area contributed by atoms with E-state index in [1.807, 2.05) is 0 Å². The number of piperidine rings is 1. The Labute approximate surface area is 75.1 Å². The Balaban J connectivity index is 2.06. The standard InChI is InChI=1S/C9H20N2O/c1-11-5-3-4-9(7-11)6-10-8-12-2/h9-10H,3-8H2,1-2H3. The Hall–Kier alpha value is -0.120. The van der Waals surface area contributed by atoms with Crippen LogP contribution in [0.25, 0.3) is 0 Å². The second-order valence-corrected chi connectivity index (χ2v) is 3.66. The lowest BCUT2D eigenvalue weighted by atomic mass is 9.99. The van der Waals surface area contributed by atoms with Gasteiger partial charge in [-0.1, -0.05) is 0 Å². The molecular weight excluding hydrogens is 152 g/mol. The first kappa shape index (κ1) is 9.96. The smallest absolute Gasteiger partial charge is 0.0961 e. The van der Waals surface area contributed by atoms with Gasteiger partial charge in [0.25, 0.3) is 0 Å². The maximum atomic E-state index is 4.94. The summed E-state index contributed by atoms with van der Waals surface area (Å²) in [6, 6.07) is 0. The number of hydrogen-bond acceptors (Lipinski definition) is 3. The topological polar surface area (TPSA) is 24.5 Å². The van der Waals surface area contributed by atoms with Crippen LogP contribution in [0, 0.1) is 5.92 Å². The third-order valence-corrected chi connectivity index (χ3v) is 2.40. The monoisotopic (exact) mass is 172 g/mol. The second kappa shape index (κ2) is 5.51. The number of hydrogen-bond donors (Lipinski definition) is 1. The molecule has 1 fully saturated rings. The molecule has 1 N–H and O–H groups in total. The molecule has 1 saturated heterocycles. The number of nitrogens with zero attached hydrogens (tertiary/aromatic N) is 1. The van der Waals surface area contributed by atoms with E-state index in [9.17, 15) is 0 Å². The summed E-state index contributed by atoms with van der Waals surface area (Å²) in [6.07, 6.45) is 2.71. The van der Waals surface area contributed by atoms with Gasteiger partial charge in [-0.25, -0.2) is 0 Å². The summed E-state index contributed by atoms with van der Waals surface area (Å²) in [5.74, 6) is 0.818. The van der Waals surface area contributed by atoms with Crippen LogP contribution in [-0.2, 0) is 4.74 Å². The number of nitrogens with one attached hydrogen (secondary N) is 1. The van der Waals surface area contributed by atoms with Gasteiger partial charge in [-0.2, -0.15) is 0 Å². The van der Waals surface area contributed by atoms with Crippen molar-refractivity contribution in [3.05, 3.63) is 0 Å². The van der Waals surface area contributed by atoms with Gasteiger partial charge < -0.3 is 9.64 Å². The fourth-order valence-electron chi connectivity index (χ4n) is 1.80. The van der Waals surface area contributed by atoms with Gasteiger partial charge in [-0.15, -0.1) is 0 Å². The Morgan fingerprint density at radius 2 is 2.42 bits per heavy atom. The van der Waals surface area contributed by atoms with E-state index in [1.165, 1.54) is 25.9 Å². The van der Waals surface area contributed by atoms with E-state index in [0.717, 1.165) is 12.5 Å². The molecule has 1 rings (SSSR count). The van der Waals surface area contributed by atoms with Crippen LogP contribution in [0.15, 0.2) is 0 Å². The lowest BCUT2D eigenvalue weighted by Crippen LogP contribution is -2.37. The highest BCUT2D eigenvalue weighted by Crippen LogP contribution is 2.13. The molecule has 0 aromatic carbocycles. The summed E-state index contributed by atoms with van der Waals surface area (Å²) in [6.45, 7) is 4.27. The minimum absolute atomic E-state index is 0.681. The fourth-order valence-corrected chi connectivity index (χ4v) is 1.80. The Morgan fingerprint density at radius 1 is 1.58 bits per heavy atom. The van der Waals surface area contributed by atoms with Crippen molar-refractivity contribution >= 4 is 0 Å². The average molecular weight is 172 g/mol. The maximum absolute atomic E-state index is 4.94. The van der Waals surface area contributed by atoms with Gasteiger partial charge in [0.15, 0.2) is 0 Å². The molecule has 0 aromatic rings. The molecule has 0 aromatic heterocycles. The van der Waals surface area contributed by atoms with Crippen molar-refractivity contribution in [2.24, 2.45) is 5.92 Å². The quantitative estimate of drug-likeness (QED) is 0.494. The van der Waals surface area contributed by atoms with Gasteiger partial charge in [0.1, 0.15) is 0 Å². The first-order valence-electron chi connectivity index (χ1n) is 4.71. The SMILES string of the molecule is COCNCC1CCCN(C)C1. The molecule has 1 unspecified atom stereocenters. The molecule has 1 aliphatic rings. The molecule has 0 bridgehead atoms. The van der Waals surface area contributed by atoms with Gasteiger partial charge in [-0.3, -0.25) is 5.32 Å². The zero-order valence-corrected chi connectivity index (χ0v) is 8.18. The van der Waals surface area contributed by atoms with Gasteiger partial charge in [0.05, 0.1) is 6.73 Å². The van der Waals surface area contributed by atoms with Crippen LogP contribution in [0.2, 0.25) is 0 Å². The number of rotatable bonds is 4. The van der Waals surface area contributed by atoms with Gasteiger partial charge in [0.2, 0.25) is 0 Å². The summed E-state index contributed by atoms with van der Waals surface area (Å²) in [5, 5.41) is 3.28. The molecule has 1 heterocycles. The van der Waals surface area contributed by atoms with Crippen LogP contribution in [0.3, 0.4) is 0 Å². The largest absolute Gasteiger partial charge is 0.370 e. The van der Waals surface area contributed by atoms with Crippen LogP contribution in [0.1, 0.15) is 12.8 Å². The molecule has 3 heteroatoms. The molecule has 0 aliphatic carbocycles. The molecule has 0 spiro atoms. The second-order valence-electron chi connectivity index (χ2n) is 3.66. The lowest BCUT2D eigenvalue weighted by Gasteiger charge is -2.29. The van der Waals surface area contributed by atoms with Crippen LogP contribution < -0.4 is 5.32 Å². The van der Waals surface area contributed by atoms with Crippen molar-refractivity contribution in [2.75, 3.05) is 40.5 Å².